The third-order valence-electron chi connectivity index (χ3n) is 14.9. The summed E-state index contributed by atoms with van der Waals surface area (Å²) in [6.07, 6.45) is 88.8. The molecule has 456 valence electrons. The molecule has 0 aliphatic carbocycles. The normalized spacial score (nSPS) is 12.6. The van der Waals surface area contributed by atoms with Gasteiger partial charge in [0.1, 0.15) is 13.2 Å². The topological polar surface area (TPSA) is 78.9 Å². The maximum Gasteiger partial charge on any atom is 0.306 e. The molecule has 0 heterocycles. The summed E-state index contributed by atoms with van der Waals surface area (Å²) >= 11 is 0. The highest BCUT2D eigenvalue weighted by Crippen LogP contribution is 2.17. The molecule has 6 heteroatoms. The summed E-state index contributed by atoms with van der Waals surface area (Å²) in [7, 11) is 0. The van der Waals surface area contributed by atoms with Gasteiger partial charge in [-0.15, -0.1) is 0 Å². The van der Waals surface area contributed by atoms with Crippen molar-refractivity contribution in [2.45, 2.75) is 348 Å². The minimum atomic E-state index is -0.776. The molecule has 0 amide bonds. The molecular formula is C73H128O6. The molecule has 0 aromatic heterocycles. The monoisotopic (exact) mass is 1100 g/mol. The van der Waals surface area contributed by atoms with Crippen molar-refractivity contribution >= 4 is 17.9 Å². The van der Waals surface area contributed by atoms with E-state index in [0.717, 1.165) is 109 Å². The Bertz CT molecular complexity index is 1500. The molecule has 0 bridgehead atoms. The van der Waals surface area contributed by atoms with Crippen LogP contribution < -0.4 is 0 Å². The molecule has 0 aromatic carbocycles. The van der Waals surface area contributed by atoms with Crippen molar-refractivity contribution in [3.05, 3.63) is 85.1 Å². The van der Waals surface area contributed by atoms with Crippen LogP contribution in [0.2, 0.25) is 0 Å². The van der Waals surface area contributed by atoms with Crippen molar-refractivity contribution in [2.24, 2.45) is 0 Å². The summed E-state index contributed by atoms with van der Waals surface area (Å²) in [5.74, 6) is -0.860. The Hall–Kier alpha value is -3.41. The summed E-state index contributed by atoms with van der Waals surface area (Å²) in [4.78, 5) is 38.3. The fourth-order valence-electron chi connectivity index (χ4n) is 9.84. The van der Waals surface area contributed by atoms with Gasteiger partial charge >= 0.3 is 17.9 Å². The second-order valence-electron chi connectivity index (χ2n) is 22.7. The molecule has 0 aromatic rings. The number of esters is 3. The van der Waals surface area contributed by atoms with Gasteiger partial charge in [-0.25, -0.2) is 0 Å². The van der Waals surface area contributed by atoms with E-state index in [4.69, 9.17) is 14.2 Å². The van der Waals surface area contributed by atoms with Crippen LogP contribution >= 0.6 is 0 Å². The Labute approximate surface area is 490 Å². The first kappa shape index (κ1) is 75.6. The molecular weight excluding hydrogens is 973 g/mol. The van der Waals surface area contributed by atoms with Crippen LogP contribution in [0.1, 0.15) is 342 Å². The van der Waals surface area contributed by atoms with Gasteiger partial charge in [-0.1, -0.05) is 331 Å². The molecule has 1 unspecified atom stereocenters. The van der Waals surface area contributed by atoms with E-state index in [1.54, 1.807) is 0 Å². The number of hydrogen-bond donors (Lipinski definition) is 0. The van der Waals surface area contributed by atoms with Gasteiger partial charge in [-0.2, -0.15) is 0 Å². The smallest absolute Gasteiger partial charge is 0.306 e. The van der Waals surface area contributed by atoms with Gasteiger partial charge in [0.05, 0.1) is 0 Å². The summed E-state index contributed by atoms with van der Waals surface area (Å²) in [5, 5.41) is 0. The Morgan fingerprint density at radius 1 is 0.266 bits per heavy atom. The highest BCUT2D eigenvalue weighted by atomic mass is 16.6. The zero-order valence-corrected chi connectivity index (χ0v) is 52.4. The van der Waals surface area contributed by atoms with E-state index < -0.39 is 6.10 Å². The lowest BCUT2D eigenvalue weighted by molar-refractivity contribution is -0.167. The zero-order valence-electron chi connectivity index (χ0n) is 52.4. The second kappa shape index (κ2) is 67.1. The van der Waals surface area contributed by atoms with E-state index in [0.29, 0.717) is 19.3 Å². The number of allylic oxidation sites excluding steroid dienone is 14. The van der Waals surface area contributed by atoms with Gasteiger partial charge in [0.2, 0.25) is 0 Å². The molecule has 1 atom stereocenters. The average molecular weight is 1100 g/mol. The predicted molar refractivity (Wildman–Crippen MR) is 344 cm³/mol. The average Bonchev–Trinajstić information content (AvgIpc) is 3.45. The largest absolute Gasteiger partial charge is 0.462 e. The number of hydrogen-bond acceptors (Lipinski definition) is 6. The van der Waals surface area contributed by atoms with Crippen molar-refractivity contribution in [2.75, 3.05) is 13.2 Å². The van der Waals surface area contributed by atoms with Crippen molar-refractivity contribution in [3.8, 4) is 0 Å². The molecule has 6 nitrogen and oxygen atoms in total. The van der Waals surface area contributed by atoms with Gasteiger partial charge in [-0.05, 0) is 77.0 Å². The third-order valence-corrected chi connectivity index (χ3v) is 14.9. The Morgan fingerprint density at radius 2 is 0.494 bits per heavy atom. The second-order valence-corrected chi connectivity index (χ2v) is 22.7. The maximum absolute atomic E-state index is 12.9. The predicted octanol–water partition coefficient (Wildman–Crippen LogP) is 23.4. The first-order valence-electron chi connectivity index (χ1n) is 34.1. The third kappa shape index (κ3) is 65.3. The SMILES string of the molecule is CC/C=C\C/C=C\C/C=C\C/C=C\C/C=C\C/C=C\C/C=C\CCCCCCCCCCCC(=O)OCC(COC(=O)CCCCCCCCCCCCCC)OC(=O)CCCCCCCCCCCCCCCCCCCC. The minimum Gasteiger partial charge on any atom is -0.462 e. The number of rotatable bonds is 62. The van der Waals surface area contributed by atoms with Gasteiger partial charge in [0.15, 0.2) is 6.10 Å². The van der Waals surface area contributed by atoms with Crippen molar-refractivity contribution in [1.82, 2.24) is 0 Å². The van der Waals surface area contributed by atoms with Crippen LogP contribution in [0.25, 0.3) is 0 Å². The lowest BCUT2D eigenvalue weighted by atomic mass is 10.0. The van der Waals surface area contributed by atoms with E-state index in [1.165, 1.54) is 193 Å². The lowest BCUT2D eigenvalue weighted by Crippen LogP contribution is -2.30. The highest BCUT2D eigenvalue weighted by Gasteiger charge is 2.19. The fourth-order valence-corrected chi connectivity index (χ4v) is 9.84. The Morgan fingerprint density at radius 3 is 0.772 bits per heavy atom. The molecule has 0 saturated heterocycles. The summed E-state index contributed by atoms with van der Waals surface area (Å²) < 4.78 is 17.0. The molecule has 0 saturated carbocycles. The molecule has 0 aliphatic rings. The van der Waals surface area contributed by atoms with E-state index in [9.17, 15) is 14.4 Å². The van der Waals surface area contributed by atoms with Crippen LogP contribution in [0.3, 0.4) is 0 Å². The molecule has 0 fully saturated rings. The fraction of sp³-hybridized carbons (Fsp3) is 0.767. The minimum absolute atomic E-state index is 0.0724. The van der Waals surface area contributed by atoms with Crippen LogP contribution in [-0.4, -0.2) is 37.2 Å². The standard InChI is InChI=1S/C73H128O6/c1-4-7-10-13-16-19-22-25-27-29-31-32-33-34-35-36-37-38-39-40-41-42-43-45-46-48-51-54-57-60-63-66-72(75)78-69-70(68-77-71(74)65-62-59-56-53-50-24-21-18-15-12-9-6-3)79-73(76)67-64-61-58-55-52-49-47-44-30-28-26-23-20-17-14-11-8-5-2/h7,10,16,19,25,27,31-32,34-35,37-38,40-41,70H,4-6,8-9,11-15,17-18,20-24,26,28-30,33,36,39,42-69H2,1-3H3/b10-7-,19-16-,27-25-,32-31-,35-34-,38-37-,41-40-. The highest BCUT2D eigenvalue weighted by molar-refractivity contribution is 5.71. The van der Waals surface area contributed by atoms with Crippen molar-refractivity contribution < 1.29 is 28.6 Å². The Balaban J connectivity index is 4.24. The van der Waals surface area contributed by atoms with Gasteiger partial charge in [0.25, 0.3) is 0 Å². The molecule has 0 N–H and O–H groups in total. The zero-order chi connectivity index (χ0) is 57.1. The van der Waals surface area contributed by atoms with Gasteiger partial charge < -0.3 is 14.2 Å². The van der Waals surface area contributed by atoms with Crippen LogP contribution in [0.15, 0.2) is 85.1 Å². The van der Waals surface area contributed by atoms with Crippen LogP contribution in [0.5, 0.6) is 0 Å². The molecule has 79 heavy (non-hydrogen) atoms. The van der Waals surface area contributed by atoms with Crippen LogP contribution in [-0.2, 0) is 28.6 Å². The van der Waals surface area contributed by atoms with E-state index >= 15 is 0 Å². The number of carbonyl (C=O) groups is 3. The summed E-state index contributed by atoms with van der Waals surface area (Å²) in [6.45, 7) is 6.57. The summed E-state index contributed by atoms with van der Waals surface area (Å²) in [6, 6.07) is 0. The molecule has 0 spiro atoms. The van der Waals surface area contributed by atoms with Crippen LogP contribution in [0, 0.1) is 0 Å². The Kier molecular flexibility index (Phi) is 64.2. The number of ether oxygens (including phenoxy) is 3. The van der Waals surface area contributed by atoms with Gasteiger partial charge in [-0.3, -0.25) is 14.4 Å². The van der Waals surface area contributed by atoms with E-state index in [2.05, 4.69) is 106 Å². The maximum atomic E-state index is 12.9. The van der Waals surface area contributed by atoms with Crippen molar-refractivity contribution in [1.29, 1.82) is 0 Å². The van der Waals surface area contributed by atoms with Gasteiger partial charge in [0, 0.05) is 19.3 Å². The molecule has 0 radical (unpaired) electrons. The van der Waals surface area contributed by atoms with Crippen molar-refractivity contribution in [3.63, 3.8) is 0 Å². The van der Waals surface area contributed by atoms with E-state index in [1.807, 2.05) is 0 Å². The van der Waals surface area contributed by atoms with Crippen LogP contribution in [0.4, 0.5) is 0 Å². The molecule has 0 aliphatic heterocycles. The first-order valence-corrected chi connectivity index (χ1v) is 34.1. The quantitative estimate of drug-likeness (QED) is 0.0261. The lowest BCUT2D eigenvalue weighted by Gasteiger charge is -2.18. The summed E-state index contributed by atoms with van der Waals surface area (Å²) in [5.41, 5.74) is 0. The van der Waals surface area contributed by atoms with E-state index in [-0.39, 0.29) is 31.1 Å². The first-order chi connectivity index (χ1) is 39.0. The number of unbranched alkanes of at least 4 members (excludes halogenated alkanes) is 37. The number of carbonyl (C=O) groups excluding carboxylic acids is 3. The molecule has 0 rings (SSSR count).